The standard InChI is InChI=1S/C27H29ClF2N2O/c28-23-8-6-22(7-9-23)27(33)14-18-32(19-15-27)17-1-16-31-26(20-2-10-24(29)11-3-20)21-4-12-25(30)13-5-21/h2-13,26,31,33H,1,14-19H2. The van der Waals surface area contributed by atoms with Gasteiger partial charge in [-0.2, -0.15) is 0 Å². The summed E-state index contributed by atoms with van der Waals surface area (Å²) in [6, 6.07) is 20.2. The summed E-state index contributed by atoms with van der Waals surface area (Å²) in [6.45, 7) is 3.34. The molecule has 1 aliphatic heterocycles. The maximum absolute atomic E-state index is 13.4. The quantitative estimate of drug-likeness (QED) is 0.416. The minimum atomic E-state index is -0.796. The van der Waals surface area contributed by atoms with Crippen LogP contribution >= 0.6 is 11.6 Å². The molecule has 0 bridgehead atoms. The van der Waals surface area contributed by atoms with Crippen LogP contribution in [0.5, 0.6) is 0 Å². The van der Waals surface area contributed by atoms with E-state index in [0.717, 1.165) is 49.3 Å². The van der Waals surface area contributed by atoms with E-state index in [4.69, 9.17) is 11.6 Å². The Bertz CT molecular complexity index is 972. The molecule has 3 aromatic rings. The van der Waals surface area contributed by atoms with Gasteiger partial charge in [-0.05, 0) is 85.4 Å². The molecule has 0 amide bonds. The Morgan fingerprint density at radius 2 is 1.36 bits per heavy atom. The second-order valence-corrected chi connectivity index (χ2v) is 9.16. The molecule has 0 unspecified atom stereocenters. The Labute approximate surface area is 199 Å². The van der Waals surface area contributed by atoms with Gasteiger partial charge in [-0.15, -0.1) is 0 Å². The van der Waals surface area contributed by atoms with Gasteiger partial charge in [0.15, 0.2) is 0 Å². The van der Waals surface area contributed by atoms with Crippen LogP contribution in [0.15, 0.2) is 72.8 Å². The normalized spacial score (nSPS) is 16.3. The average Bonchev–Trinajstić information content (AvgIpc) is 2.82. The molecule has 1 heterocycles. The summed E-state index contributed by atoms with van der Waals surface area (Å²) in [5.41, 5.74) is 2.01. The number of halogens is 3. The van der Waals surface area contributed by atoms with Gasteiger partial charge in [0.2, 0.25) is 0 Å². The van der Waals surface area contributed by atoms with Crippen molar-refractivity contribution in [2.45, 2.75) is 30.9 Å². The van der Waals surface area contributed by atoms with Crippen LogP contribution in [0, 0.1) is 11.6 Å². The number of nitrogens with one attached hydrogen (secondary N) is 1. The van der Waals surface area contributed by atoms with Crippen LogP contribution in [0.4, 0.5) is 8.78 Å². The van der Waals surface area contributed by atoms with Crippen LogP contribution in [0.2, 0.25) is 5.02 Å². The van der Waals surface area contributed by atoms with Gasteiger partial charge in [0.25, 0.3) is 0 Å². The van der Waals surface area contributed by atoms with Crippen molar-refractivity contribution in [2.75, 3.05) is 26.2 Å². The molecule has 174 valence electrons. The predicted octanol–water partition coefficient (Wildman–Crippen LogP) is 5.67. The fraction of sp³-hybridized carbons (Fsp3) is 0.333. The van der Waals surface area contributed by atoms with Crippen molar-refractivity contribution in [3.8, 4) is 0 Å². The number of piperidine rings is 1. The summed E-state index contributed by atoms with van der Waals surface area (Å²) in [5.74, 6) is -0.555. The highest BCUT2D eigenvalue weighted by Gasteiger charge is 2.33. The van der Waals surface area contributed by atoms with Crippen LogP contribution in [-0.4, -0.2) is 36.2 Å². The van der Waals surface area contributed by atoms with Gasteiger partial charge >= 0.3 is 0 Å². The van der Waals surface area contributed by atoms with Gasteiger partial charge in [-0.1, -0.05) is 48.0 Å². The number of aliphatic hydroxyl groups is 1. The van der Waals surface area contributed by atoms with Gasteiger partial charge in [0, 0.05) is 18.1 Å². The number of nitrogens with zero attached hydrogens (tertiary/aromatic N) is 1. The van der Waals surface area contributed by atoms with Crippen LogP contribution in [0.25, 0.3) is 0 Å². The zero-order valence-electron chi connectivity index (χ0n) is 18.5. The lowest BCUT2D eigenvalue weighted by Gasteiger charge is -2.38. The zero-order valence-corrected chi connectivity index (χ0v) is 19.2. The number of rotatable bonds is 8. The molecule has 0 radical (unpaired) electrons. The Kier molecular flexibility index (Phi) is 7.76. The van der Waals surface area contributed by atoms with Crippen LogP contribution in [0.1, 0.15) is 42.0 Å². The fourth-order valence-electron chi connectivity index (χ4n) is 4.48. The van der Waals surface area contributed by atoms with Gasteiger partial charge in [0.1, 0.15) is 11.6 Å². The third-order valence-electron chi connectivity index (χ3n) is 6.47. The Morgan fingerprint density at radius 3 is 1.88 bits per heavy atom. The first-order chi connectivity index (χ1) is 15.9. The summed E-state index contributed by atoms with van der Waals surface area (Å²) < 4.78 is 26.8. The van der Waals surface area contributed by atoms with E-state index in [-0.39, 0.29) is 17.7 Å². The number of hydrogen-bond donors (Lipinski definition) is 2. The SMILES string of the molecule is OC1(c2ccc(Cl)cc2)CCN(CCCNC(c2ccc(F)cc2)c2ccc(F)cc2)CC1. The molecule has 0 aliphatic carbocycles. The molecule has 1 fully saturated rings. The monoisotopic (exact) mass is 470 g/mol. The molecular formula is C27H29ClF2N2O. The fourth-order valence-corrected chi connectivity index (χ4v) is 4.61. The van der Waals surface area contributed by atoms with Gasteiger partial charge in [-0.25, -0.2) is 8.78 Å². The third kappa shape index (κ3) is 6.18. The smallest absolute Gasteiger partial charge is 0.123 e. The number of benzene rings is 3. The molecule has 0 saturated carbocycles. The Balaban J connectivity index is 1.30. The maximum Gasteiger partial charge on any atom is 0.123 e. The lowest BCUT2D eigenvalue weighted by Crippen LogP contribution is -2.43. The van der Waals surface area contributed by atoms with Crippen LogP contribution in [-0.2, 0) is 5.60 Å². The van der Waals surface area contributed by atoms with E-state index in [0.29, 0.717) is 17.9 Å². The number of hydrogen-bond acceptors (Lipinski definition) is 3. The van der Waals surface area contributed by atoms with Gasteiger partial charge < -0.3 is 15.3 Å². The van der Waals surface area contributed by atoms with Crippen molar-refractivity contribution in [3.63, 3.8) is 0 Å². The Hall–Kier alpha value is -2.31. The molecule has 33 heavy (non-hydrogen) atoms. The molecule has 6 heteroatoms. The molecule has 3 aromatic carbocycles. The van der Waals surface area contributed by atoms with Gasteiger partial charge in [0.05, 0.1) is 11.6 Å². The van der Waals surface area contributed by atoms with Crippen LogP contribution < -0.4 is 5.32 Å². The van der Waals surface area contributed by atoms with Crippen molar-refractivity contribution in [1.82, 2.24) is 10.2 Å². The second kappa shape index (κ2) is 10.7. The topological polar surface area (TPSA) is 35.5 Å². The van der Waals surface area contributed by atoms with E-state index < -0.39 is 5.60 Å². The van der Waals surface area contributed by atoms with Crippen LogP contribution in [0.3, 0.4) is 0 Å². The minimum Gasteiger partial charge on any atom is -0.385 e. The molecule has 0 spiro atoms. The summed E-state index contributed by atoms with van der Waals surface area (Å²) in [6.07, 6.45) is 2.31. The molecule has 4 rings (SSSR count). The maximum atomic E-state index is 13.4. The summed E-state index contributed by atoms with van der Waals surface area (Å²) >= 11 is 5.98. The average molecular weight is 471 g/mol. The molecule has 3 nitrogen and oxygen atoms in total. The summed E-state index contributed by atoms with van der Waals surface area (Å²) in [4.78, 5) is 2.37. The van der Waals surface area contributed by atoms with Crippen molar-refractivity contribution in [2.24, 2.45) is 0 Å². The van der Waals surface area contributed by atoms with Crippen molar-refractivity contribution in [3.05, 3.63) is 106 Å². The molecule has 0 aromatic heterocycles. The number of likely N-dealkylation sites (tertiary alicyclic amines) is 1. The Morgan fingerprint density at radius 1 is 0.848 bits per heavy atom. The van der Waals surface area contributed by atoms with Crippen molar-refractivity contribution >= 4 is 11.6 Å². The first kappa shape index (κ1) is 23.8. The second-order valence-electron chi connectivity index (χ2n) is 8.72. The van der Waals surface area contributed by atoms with Gasteiger partial charge in [-0.3, -0.25) is 0 Å². The van der Waals surface area contributed by atoms with Crippen molar-refractivity contribution < 1.29 is 13.9 Å². The third-order valence-corrected chi connectivity index (χ3v) is 6.72. The lowest BCUT2D eigenvalue weighted by molar-refractivity contribution is -0.0259. The molecule has 1 aliphatic rings. The largest absolute Gasteiger partial charge is 0.385 e. The molecule has 2 N–H and O–H groups in total. The minimum absolute atomic E-state index is 0.137. The van der Waals surface area contributed by atoms with E-state index in [1.165, 1.54) is 24.3 Å². The first-order valence-corrected chi connectivity index (χ1v) is 11.8. The van der Waals surface area contributed by atoms with E-state index in [2.05, 4.69) is 10.2 Å². The summed E-state index contributed by atoms with van der Waals surface area (Å²) in [7, 11) is 0. The molecule has 1 saturated heterocycles. The van der Waals surface area contributed by atoms with E-state index in [1.54, 1.807) is 24.3 Å². The molecular weight excluding hydrogens is 442 g/mol. The first-order valence-electron chi connectivity index (χ1n) is 11.4. The summed E-state index contributed by atoms with van der Waals surface area (Å²) in [5, 5.41) is 15.3. The highest BCUT2D eigenvalue weighted by Crippen LogP contribution is 2.33. The van der Waals surface area contributed by atoms with E-state index in [1.807, 2.05) is 24.3 Å². The van der Waals surface area contributed by atoms with E-state index in [9.17, 15) is 13.9 Å². The lowest BCUT2D eigenvalue weighted by atomic mass is 9.84. The molecule has 0 atom stereocenters. The predicted molar refractivity (Wildman–Crippen MR) is 128 cm³/mol. The van der Waals surface area contributed by atoms with Crippen molar-refractivity contribution in [1.29, 1.82) is 0 Å². The van der Waals surface area contributed by atoms with E-state index >= 15 is 0 Å². The zero-order chi connectivity index (χ0) is 23.3. The highest BCUT2D eigenvalue weighted by molar-refractivity contribution is 6.30. The highest BCUT2D eigenvalue weighted by atomic mass is 35.5.